The standard InChI is InChI=1S/C14H20N2O2/c1-4-6-16(5-2)14(18)12-8-10(3)7-11(9-12)13(15)17/h7-9H,4-6H2,1-3H3,(H2,15,17). The Hall–Kier alpha value is -1.84. The number of nitrogens with zero attached hydrogens (tertiary/aromatic N) is 1. The van der Waals surface area contributed by atoms with Crippen molar-refractivity contribution in [1.82, 2.24) is 4.90 Å². The molecule has 0 atom stereocenters. The van der Waals surface area contributed by atoms with Crippen molar-refractivity contribution in [3.05, 3.63) is 34.9 Å². The van der Waals surface area contributed by atoms with Gasteiger partial charge in [0, 0.05) is 24.2 Å². The minimum atomic E-state index is -0.508. The smallest absolute Gasteiger partial charge is 0.253 e. The molecule has 0 heterocycles. The van der Waals surface area contributed by atoms with Crippen LogP contribution in [0.15, 0.2) is 18.2 Å². The van der Waals surface area contributed by atoms with Crippen LogP contribution in [0, 0.1) is 6.92 Å². The van der Waals surface area contributed by atoms with E-state index in [1.54, 1.807) is 23.1 Å². The van der Waals surface area contributed by atoms with E-state index in [0.717, 1.165) is 18.5 Å². The lowest BCUT2D eigenvalue weighted by atomic mass is 10.0. The molecule has 1 aromatic rings. The van der Waals surface area contributed by atoms with Gasteiger partial charge in [0.2, 0.25) is 5.91 Å². The van der Waals surface area contributed by atoms with E-state index in [0.29, 0.717) is 17.7 Å². The Kier molecular flexibility index (Phi) is 4.89. The van der Waals surface area contributed by atoms with E-state index in [2.05, 4.69) is 0 Å². The zero-order valence-electron chi connectivity index (χ0n) is 11.2. The number of hydrogen-bond acceptors (Lipinski definition) is 2. The predicted molar refractivity (Wildman–Crippen MR) is 71.6 cm³/mol. The number of amides is 2. The number of nitrogens with two attached hydrogens (primary N) is 1. The summed E-state index contributed by atoms with van der Waals surface area (Å²) in [5.74, 6) is -0.558. The Balaban J connectivity index is 3.08. The first-order valence-electron chi connectivity index (χ1n) is 6.20. The van der Waals surface area contributed by atoms with Crippen molar-refractivity contribution in [2.24, 2.45) is 5.73 Å². The highest BCUT2D eigenvalue weighted by Crippen LogP contribution is 2.12. The van der Waals surface area contributed by atoms with Crippen LogP contribution in [0.1, 0.15) is 46.5 Å². The van der Waals surface area contributed by atoms with E-state index >= 15 is 0 Å². The minimum absolute atomic E-state index is 0.0504. The van der Waals surface area contributed by atoms with E-state index in [-0.39, 0.29) is 5.91 Å². The third kappa shape index (κ3) is 3.32. The summed E-state index contributed by atoms with van der Waals surface area (Å²) >= 11 is 0. The number of benzene rings is 1. The summed E-state index contributed by atoms with van der Waals surface area (Å²) in [7, 11) is 0. The van der Waals surface area contributed by atoms with Crippen LogP contribution in [0.4, 0.5) is 0 Å². The molecule has 0 aromatic heterocycles. The zero-order chi connectivity index (χ0) is 13.7. The molecule has 0 spiro atoms. The van der Waals surface area contributed by atoms with Gasteiger partial charge in [0.1, 0.15) is 0 Å². The summed E-state index contributed by atoms with van der Waals surface area (Å²) in [4.78, 5) is 25.2. The molecular weight excluding hydrogens is 228 g/mol. The summed E-state index contributed by atoms with van der Waals surface area (Å²) in [6, 6.07) is 5.04. The van der Waals surface area contributed by atoms with Crippen molar-refractivity contribution in [2.45, 2.75) is 27.2 Å². The first-order chi connectivity index (χ1) is 8.49. The van der Waals surface area contributed by atoms with Gasteiger partial charge in [-0.2, -0.15) is 0 Å². The fourth-order valence-corrected chi connectivity index (χ4v) is 1.90. The molecule has 18 heavy (non-hydrogen) atoms. The monoisotopic (exact) mass is 248 g/mol. The van der Waals surface area contributed by atoms with E-state index < -0.39 is 5.91 Å². The van der Waals surface area contributed by atoms with Crippen LogP contribution in [-0.4, -0.2) is 29.8 Å². The van der Waals surface area contributed by atoms with E-state index in [1.807, 2.05) is 20.8 Å². The molecule has 2 N–H and O–H groups in total. The molecule has 4 nitrogen and oxygen atoms in total. The molecular formula is C14H20N2O2. The van der Waals surface area contributed by atoms with Gasteiger partial charge in [-0.1, -0.05) is 6.92 Å². The van der Waals surface area contributed by atoms with Crippen LogP contribution in [0.3, 0.4) is 0 Å². The molecule has 4 heteroatoms. The average molecular weight is 248 g/mol. The largest absolute Gasteiger partial charge is 0.366 e. The normalized spacial score (nSPS) is 10.2. The molecule has 0 aliphatic carbocycles. The first-order valence-corrected chi connectivity index (χ1v) is 6.20. The Labute approximate surface area is 108 Å². The second-order valence-electron chi connectivity index (χ2n) is 4.34. The van der Waals surface area contributed by atoms with Crippen molar-refractivity contribution in [3.63, 3.8) is 0 Å². The summed E-state index contributed by atoms with van der Waals surface area (Å²) in [6.45, 7) is 7.19. The van der Waals surface area contributed by atoms with Gasteiger partial charge in [-0.3, -0.25) is 9.59 Å². The molecule has 0 saturated heterocycles. The highest BCUT2D eigenvalue weighted by atomic mass is 16.2. The highest BCUT2D eigenvalue weighted by molar-refractivity contribution is 5.99. The van der Waals surface area contributed by atoms with Crippen LogP contribution in [0.5, 0.6) is 0 Å². The van der Waals surface area contributed by atoms with Crippen LogP contribution in [0.25, 0.3) is 0 Å². The number of carbonyl (C=O) groups excluding carboxylic acids is 2. The number of carbonyl (C=O) groups is 2. The van der Waals surface area contributed by atoms with Gasteiger partial charge in [0.05, 0.1) is 0 Å². The van der Waals surface area contributed by atoms with Gasteiger partial charge < -0.3 is 10.6 Å². The van der Waals surface area contributed by atoms with Crippen LogP contribution in [-0.2, 0) is 0 Å². The number of aryl methyl sites for hydroxylation is 1. The lowest BCUT2D eigenvalue weighted by Gasteiger charge is -2.20. The van der Waals surface area contributed by atoms with Crippen molar-refractivity contribution < 1.29 is 9.59 Å². The van der Waals surface area contributed by atoms with Gasteiger partial charge in [0.25, 0.3) is 5.91 Å². The molecule has 0 radical (unpaired) electrons. The van der Waals surface area contributed by atoms with E-state index in [1.165, 1.54) is 0 Å². The van der Waals surface area contributed by atoms with E-state index in [9.17, 15) is 9.59 Å². The van der Waals surface area contributed by atoms with Crippen molar-refractivity contribution in [1.29, 1.82) is 0 Å². The van der Waals surface area contributed by atoms with Gasteiger partial charge in [0.15, 0.2) is 0 Å². The summed E-state index contributed by atoms with van der Waals surface area (Å²) in [5.41, 5.74) is 7.03. The number of rotatable bonds is 5. The Morgan fingerprint density at radius 2 is 1.78 bits per heavy atom. The Morgan fingerprint density at radius 3 is 2.28 bits per heavy atom. The molecule has 0 unspecified atom stereocenters. The topological polar surface area (TPSA) is 63.4 Å². The van der Waals surface area contributed by atoms with Gasteiger partial charge in [-0.05, 0) is 44.0 Å². The number of hydrogen-bond donors (Lipinski definition) is 1. The van der Waals surface area contributed by atoms with E-state index in [4.69, 9.17) is 5.73 Å². The molecule has 1 aromatic carbocycles. The maximum absolute atomic E-state index is 12.3. The lowest BCUT2D eigenvalue weighted by molar-refractivity contribution is 0.0764. The summed E-state index contributed by atoms with van der Waals surface area (Å²) < 4.78 is 0. The van der Waals surface area contributed by atoms with Gasteiger partial charge in [-0.25, -0.2) is 0 Å². The summed E-state index contributed by atoms with van der Waals surface area (Å²) in [5, 5.41) is 0. The summed E-state index contributed by atoms with van der Waals surface area (Å²) in [6.07, 6.45) is 0.911. The molecule has 0 bridgehead atoms. The second kappa shape index (κ2) is 6.19. The average Bonchev–Trinajstić information content (AvgIpc) is 2.34. The van der Waals surface area contributed by atoms with Crippen molar-refractivity contribution in [3.8, 4) is 0 Å². The predicted octanol–water partition coefficient (Wildman–Crippen LogP) is 1.97. The zero-order valence-corrected chi connectivity index (χ0v) is 11.2. The molecule has 0 aliphatic rings. The molecule has 2 amide bonds. The molecule has 1 rings (SSSR count). The van der Waals surface area contributed by atoms with Crippen LogP contribution in [0.2, 0.25) is 0 Å². The van der Waals surface area contributed by atoms with Crippen molar-refractivity contribution >= 4 is 11.8 Å². The van der Waals surface area contributed by atoms with Crippen LogP contribution >= 0.6 is 0 Å². The quantitative estimate of drug-likeness (QED) is 0.865. The third-order valence-corrected chi connectivity index (χ3v) is 2.77. The molecule has 98 valence electrons. The number of primary amides is 1. The van der Waals surface area contributed by atoms with Crippen molar-refractivity contribution in [2.75, 3.05) is 13.1 Å². The first kappa shape index (κ1) is 14.2. The SMILES string of the molecule is CCCN(CC)C(=O)c1cc(C)cc(C(N)=O)c1. The molecule has 0 aliphatic heterocycles. The maximum atomic E-state index is 12.3. The second-order valence-corrected chi connectivity index (χ2v) is 4.34. The third-order valence-electron chi connectivity index (χ3n) is 2.77. The Bertz CT molecular complexity index is 455. The van der Waals surface area contributed by atoms with Gasteiger partial charge >= 0.3 is 0 Å². The fourth-order valence-electron chi connectivity index (χ4n) is 1.90. The maximum Gasteiger partial charge on any atom is 0.253 e. The molecule has 0 fully saturated rings. The van der Waals surface area contributed by atoms with Gasteiger partial charge in [-0.15, -0.1) is 0 Å². The lowest BCUT2D eigenvalue weighted by Crippen LogP contribution is -2.31. The highest BCUT2D eigenvalue weighted by Gasteiger charge is 2.15. The Morgan fingerprint density at radius 1 is 1.17 bits per heavy atom. The molecule has 0 saturated carbocycles. The van der Waals surface area contributed by atoms with Crippen LogP contribution < -0.4 is 5.73 Å². The fraction of sp³-hybridized carbons (Fsp3) is 0.429. The minimum Gasteiger partial charge on any atom is -0.366 e.